The normalized spacial score (nSPS) is 10.6. The maximum absolute atomic E-state index is 12.9. The molecular weight excluding hydrogens is 318 g/mol. The zero-order chi connectivity index (χ0) is 17.8. The molecule has 0 aliphatic carbocycles. The molecule has 0 spiro atoms. The van der Waals surface area contributed by atoms with Crippen LogP contribution in [0.4, 0.5) is 0 Å². The first-order valence-corrected chi connectivity index (χ1v) is 8.20. The number of hydrogen-bond acceptors (Lipinski definition) is 4. The molecule has 5 heteroatoms. The molecule has 0 radical (unpaired) electrons. The van der Waals surface area contributed by atoms with Gasteiger partial charge in [-0.3, -0.25) is 9.36 Å². The SMILES string of the molecule is CCOC(=O)c1cn(-c2ccc(OCC)cc2)c(=O)c2ccccc12. The van der Waals surface area contributed by atoms with E-state index in [-0.39, 0.29) is 12.2 Å². The lowest BCUT2D eigenvalue weighted by Gasteiger charge is -2.12. The molecule has 0 fully saturated rings. The van der Waals surface area contributed by atoms with Crippen LogP contribution in [0.15, 0.2) is 59.5 Å². The Hall–Kier alpha value is -3.08. The van der Waals surface area contributed by atoms with E-state index in [9.17, 15) is 9.59 Å². The second kappa shape index (κ2) is 7.21. The minimum Gasteiger partial charge on any atom is -0.494 e. The highest BCUT2D eigenvalue weighted by atomic mass is 16.5. The summed E-state index contributed by atoms with van der Waals surface area (Å²) in [5.41, 5.74) is 0.837. The quantitative estimate of drug-likeness (QED) is 0.668. The Morgan fingerprint density at radius 3 is 2.28 bits per heavy atom. The topological polar surface area (TPSA) is 57.5 Å². The van der Waals surface area contributed by atoms with Gasteiger partial charge in [-0.25, -0.2) is 4.79 Å². The number of nitrogens with zero attached hydrogens (tertiary/aromatic N) is 1. The first kappa shape index (κ1) is 16.8. The van der Waals surface area contributed by atoms with Gasteiger partial charge in [0.25, 0.3) is 5.56 Å². The largest absolute Gasteiger partial charge is 0.494 e. The Labute approximate surface area is 145 Å². The average Bonchev–Trinajstić information content (AvgIpc) is 2.63. The third-order valence-corrected chi connectivity index (χ3v) is 3.85. The van der Waals surface area contributed by atoms with E-state index in [1.54, 1.807) is 61.7 Å². The van der Waals surface area contributed by atoms with Gasteiger partial charge in [0.1, 0.15) is 5.75 Å². The zero-order valence-corrected chi connectivity index (χ0v) is 14.2. The van der Waals surface area contributed by atoms with Crippen LogP contribution in [-0.2, 0) is 4.74 Å². The molecule has 3 rings (SSSR count). The molecule has 0 aliphatic heterocycles. The van der Waals surface area contributed by atoms with Crippen LogP contribution in [0, 0.1) is 0 Å². The van der Waals surface area contributed by atoms with Crippen LogP contribution in [-0.4, -0.2) is 23.8 Å². The summed E-state index contributed by atoms with van der Waals surface area (Å²) in [5.74, 6) is 0.282. The van der Waals surface area contributed by atoms with Gasteiger partial charge in [-0.1, -0.05) is 18.2 Å². The van der Waals surface area contributed by atoms with E-state index in [2.05, 4.69) is 0 Å². The number of rotatable bonds is 5. The van der Waals surface area contributed by atoms with Crippen LogP contribution >= 0.6 is 0 Å². The van der Waals surface area contributed by atoms with Crippen molar-refractivity contribution in [1.29, 1.82) is 0 Å². The van der Waals surface area contributed by atoms with E-state index in [1.165, 1.54) is 4.57 Å². The molecule has 0 saturated carbocycles. The predicted molar refractivity (Wildman–Crippen MR) is 96.7 cm³/mol. The fraction of sp³-hybridized carbons (Fsp3) is 0.200. The molecule has 0 unspecified atom stereocenters. The van der Waals surface area contributed by atoms with Crippen LogP contribution in [0.3, 0.4) is 0 Å². The molecule has 0 atom stereocenters. The van der Waals surface area contributed by atoms with E-state index in [4.69, 9.17) is 9.47 Å². The van der Waals surface area contributed by atoms with Gasteiger partial charge in [-0.15, -0.1) is 0 Å². The molecule has 1 heterocycles. The molecule has 3 aromatic rings. The summed E-state index contributed by atoms with van der Waals surface area (Å²) in [6, 6.07) is 14.2. The van der Waals surface area contributed by atoms with Crippen LogP contribution in [0.2, 0.25) is 0 Å². The minimum absolute atomic E-state index is 0.187. The fourth-order valence-corrected chi connectivity index (χ4v) is 2.72. The number of fused-ring (bicyclic) bond motifs is 1. The molecule has 5 nitrogen and oxygen atoms in total. The molecule has 0 aliphatic rings. The van der Waals surface area contributed by atoms with Crippen molar-refractivity contribution in [3.8, 4) is 11.4 Å². The van der Waals surface area contributed by atoms with E-state index >= 15 is 0 Å². The Bertz CT molecular complexity index is 958. The number of carbonyl (C=O) groups is 1. The van der Waals surface area contributed by atoms with Crippen LogP contribution in [0.25, 0.3) is 16.5 Å². The highest BCUT2D eigenvalue weighted by Gasteiger charge is 2.16. The van der Waals surface area contributed by atoms with Crippen LogP contribution < -0.4 is 10.3 Å². The summed E-state index contributed by atoms with van der Waals surface area (Å²) < 4.78 is 12.0. The van der Waals surface area contributed by atoms with Crippen molar-refractivity contribution in [2.75, 3.05) is 13.2 Å². The lowest BCUT2D eigenvalue weighted by Crippen LogP contribution is -2.21. The minimum atomic E-state index is -0.446. The second-order valence-electron chi connectivity index (χ2n) is 5.41. The van der Waals surface area contributed by atoms with Crippen molar-refractivity contribution in [3.05, 3.63) is 70.6 Å². The first-order valence-electron chi connectivity index (χ1n) is 8.20. The number of ether oxygens (including phenoxy) is 2. The summed E-state index contributed by atoms with van der Waals surface area (Å²) >= 11 is 0. The number of pyridine rings is 1. The highest BCUT2D eigenvalue weighted by Crippen LogP contribution is 2.20. The Morgan fingerprint density at radius 2 is 1.64 bits per heavy atom. The molecule has 0 bridgehead atoms. The van der Waals surface area contributed by atoms with Crippen LogP contribution in [0.5, 0.6) is 5.75 Å². The number of hydrogen-bond donors (Lipinski definition) is 0. The molecule has 2 aromatic carbocycles. The number of aromatic nitrogens is 1. The lowest BCUT2D eigenvalue weighted by molar-refractivity contribution is 0.0528. The van der Waals surface area contributed by atoms with Gasteiger partial charge in [0.2, 0.25) is 0 Å². The van der Waals surface area contributed by atoms with Crippen molar-refractivity contribution < 1.29 is 14.3 Å². The maximum Gasteiger partial charge on any atom is 0.340 e. The van der Waals surface area contributed by atoms with Crippen LogP contribution in [0.1, 0.15) is 24.2 Å². The molecular formula is C20H19NO4. The third-order valence-electron chi connectivity index (χ3n) is 3.85. The third kappa shape index (κ3) is 3.26. The van der Waals surface area contributed by atoms with Gasteiger partial charge in [0.15, 0.2) is 0 Å². The standard InChI is InChI=1S/C20H19NO4/c1-3-24-15-11-9-14(10-12-15)21-13-18(20(23)25-4-2)16-7-5-6-8-17(16)19(21)22/h5-13H,3-4H2,1-2H3. The van der Waals surface area contributed by atoms with E-state index < -0.39 is 5.97 Å². The van der Waals surface area contributed by atoms with Gasteiger partial charge < -0.3 is 9.47 Å². The predicted octanol–water partition coefficient (Wildman–Crippen LogP) is 3.57. The monoisotopic (exact) mass is 337 g/mol. The highest BCUT2D eigenvalue weighted by molar-refractivity contribution is 6.04. The summed E-state index contributed by atoms with van der Waals surface area (Å²) in [7, 11) is 0. The van der Waals surface area contributed by atoms with Gasteiger partial charge in [-0.05, 0) is 44.2 Å². The number of esters is 1. The smallest absolute Gasteiger partial charge is 0.340 e. The average molecular weight is 337 g/mol. The molecule has 128 valence electrons. The van der Waals surface area contributed by atoms with Crippen molar-refractivity contribution in [2.24, 2.45) is 0 Å². The Morgan fingerprint density at radius 1 is 0.960 bits per heavy atom. The molecule has 25 heavy (non-hydrogen) atoms. The van der Waals surface area contributed by atoms with Gasteiger partial charge in [-0.2, -0.15) is 0 Å². The van der Waals surface area contributed by atoms with Crippen molar-refractivity contribution in [1.82, 2.24) is 4.57 Å². The summed E-state index contributed by atoms with van der Waals surface area (Å²) in [6.07, 6.45) is 1.54. The van der Waals surface area contributed by atoms with Gasteiger partial charge in [0, 0.05) is 22.7 Å². The van der Waals surface area contributed by atoms with Gasteiger partial charge >= 0.3 is 5.97 Å². The summed E-state index contributed by atoms with van der Waals surface area (Å²) in [4.78, 5) is 25.2. The molecule has 0 saturated heterocycles. The van der Waals surface area contributed by atoms with E-state index in [0.717, 1.165) is 5.75 Å². The van der Waals surface area contributed by atoms with E-state index in [0.29, 0.717) is 28.6 Å². The lowest BCUT2D eigenvalue weighted by atomic mass is 10.1. The summed E-state index contributed by atoms with van der Waals surface area (Å²) in [6.45, 7) is 4.51. The van der Waals surface area contributed by atoms with Gasteiger partial charge in [0.05, 0.1) is 18.8 Å². The first-order chi connectivity index (χ1) is 12.2. The summed E-state index contributed by atoms with van der Waals surface area (Å²) in [5, 5.41) is 1.06. The number of benzene rings is 2. The van der Waals surface area contributed by atoms with Crippen molar-refractivity contribution in [2.45, 2.75) is 13.8 Å². The van der Waals surface area contributed by atoms with Crippen molar-refractivity contribution >= 4 is 16.7 Å². The molecule has 0 amide bonds. The fourth-order valence-electron chi connectivity index (χ4n) is 2.72. The molecule has 0 N–H and O–H groups in total. The van der Waals surface area contributed by atoms with Crippen molar-refractivity contribution in [3.63, 3.8) is 0 Å². The maximum atomic E-state index is 12.9. The zero-order valence-electron chi connectivity index (χ0n) is 14.2. The molecule has 1 aromatic heterocycles. The Balaban J connectivity index is 2.19. The second-order valence-corrected chi connectivity index (χ2v) is 5.41. The number of carbonyl (C=O) groups excluding carboxylic acids is 1. The van der Waals surface area contributed by atoms with E-state index in [1.807, 2.05) is 6.92 Å². The Kier molecular flexibility index (Phi) is 4.84.